The number of alkyl halides is 3. The van der Waals surface area contributed by atoms with Gasteiger partial charge in [-0.1, -0.05) is 91.7 Å². The Hall–Kier alpha value is -4.17. The van der Waals surface area contributed by atoms with Gasteiger partial charge in [0.05, 0.1) is 13.1 Å². The summed E-state index contributed by atoms with van der Waals surface area (Å²) in [4.78, 5) is 53.8. The number of fused-ring (bicyclic) bond motifs is 1. The molecule has 0 aliphatic heterocycles. The lowest BCUT2D eigenvalue weighted by Gasteiger charge is -2.35. The van der Waals surface area contributed by atoms with Gasteiger partial charge in [0.15, 0.2) is 22.1 Å². The van der Waals surface area contributed by atoms with Gasteiger partial charge in [-0.25, -0.2) is 14.6 Å². The number of carbonyl (C=O) groups is 2. The molecule has 1 aliphatic carbocycles. The smallest absolute Gasteiger partial charge is 0.475 e. The fourth-order valence-corrected chi connectivity index (χ4v) is 6.44. The molecule has 44 heavy (non-hydrogen) atoms. The van der Waals surface area contributed by atoms with Crippen LogP contribution in [0, 0.1) is 0 Å². The second-order valence-electron chi connectivity index (χ2n) is 10.5. The highest BCUT2D eigenvalue weighted by atomic mass is 32.2. The monoisotopic (exact) mass is 631 g/mol. The van der Waals surface area contributed by atoms with Gasteiger partial charge in [-0.15, -0.1) is 0 Å². The van der Waals surface area contributed by atoms with Gasteiger partial charge >= 0.3 is 17.8 Å². The predicted octanol–water partition coefficient (Wildman–Crippen LogP) is 4.21. The number of carboxylic acids is 1. The first-order chi connectivity index (χ1) is 20.9. The van der Waals surface area contributed by atoms with Gasteiger partial charge in [0, 0.05) is 23.9 Å². The van der Waals surface area contributed by atoms with Gasteiger partial charge in [0.25, 0.3) is 5.56 Å². The van der Waals surface area contributed by atoms with Crippen LogP contribution < -0.4 is 17.0 Å². The van der Waals surface area contributed by atoms with Crippen LogP contribution in [0.1, 0.15) is 48.0 Å². The van der Waals surface area contributed by atoms with E-state index in [4.69, 9.17) is 20.6 Å². The fraction of sp³-hybridized carbons (Fsp3) is 0.367. The van der Waals surface area contributed by atoms with Crippen LogP contribution in [0.3, 0.4) is 0 Å². The summed E-state index contributed by atoms with van der Waals surface area (Å²) in [6.07, 6.45) is 0.290. The molecule has 0 saturated heterocycles. The van der Waals surface area contributed by atoms with Crippen molar-refractivity contribution in [3.05, 3.63) is 92.6 Å². The number of hydrogen-bond donors (Lipinski definition) is 2. The molecule has 1 saturated carbocycles. The van der Waals surface area contributed by atoms with E-state index in [-0.39, 0.29) is 17.1 Å². The molecule has 4 aromatic rings. The van der Waals surface area contributed by atoms with Crippen molar-refractivity contribution in [3.8, 4) is 0 Å². The highest BCUT2D eigenvalue weighted by molar-refractivity contribution is 8.00. The minimum atomic E-state index is -5.08. The summed E-state index contributed by atoms with van der Waals surface area (Å²) >= 11 is 1.62. The van der Waals surface area contributed by atoms with E-state index in [2.05, 4.69) is 0 Å². The molecule has 1 aliphatic rings. The maximum absolute atomic E-state index is 13.8. The van der Waals surface area contributed by atoms with E-state index in [0.29, 0.717) is 35.0 Å². The Morgan fingerprint density at radius 1 is 0.977 bits per heavy atom. The maximum Gasteiger partial charge on any atom is 0.490 e. The van der Waals surface area contributed by atoms with E-state index in [1.165, 1.54) is 11.0 Å². The second kappa shape index (κ2) is 13.6. The third-order valence-electron chi connectivity index (χ3n) is 7.47. The lowest BCUT2D eigenvalue weighted by atomic mass is 9.88. The molecule has 3 N–H and O–H groups in total. The number of rotatable bonds is 8. The Morgan fingerprint density at radius 3 is 2.09 bits per heavy atom. The third-order valence-corrected chi connectivity index (χ3v) is 8.97. The topological polar surface area (TPSA) is 142 Å². The summed E-state index contributed by atoms with van der Waals surface area (Å²) in [5.41, 5.74) is 7.31. The SMILES string of the molecule is Cn1c(=O)n(CC(=O)c2ccccc2)c(=O)c2c1nc(SC1(CN)CCCCC1)n2Cc1ccccc1.O=C(O)C(F)(F)F. The molecule has 0 atom stereocenters. The summed E-state index contributed by atoms with van der Waals surface area (Å²) in [7, 11) is 1.60. The molecule has 5 rings (SSSR count). The first kappa shape index (κ1) is 32.7. The Balaban J connectivity index is 0.000000566. The average molecular weight is 632 g/mol. The summed E-state index contributed by atoms with van der Waals surface area (Å²) < 4.78 is 35.9. The highest BCUT2D eigenvalue weighted by Crippen LogP contribution is 2.43. The van der Waals surface area contributed by atoms with E-state index in [1.54, 1.807) is 43.1 Å². The summed E-state index contributed by atoms with van der Waals surface area (Å²) in [6, 6.07) is 18.5. The minimum Gasteiger partial charge on any atom is -0.475 e. The molecule has 234 valence electrons. The highest BCUT2D eigenvalue weighted by Gasteiger charge is 2.38. The maximum atomic E-state index is 13.8. The molecule has 2 heterocycles. The first-order valence-corrected chi connectivity index (χ1v) is 14.7. The Labute approximate surface area is 254 Å². The number of aliphatic carboxylic acids is 1. The van der Waals surface area contributed by atoms with Crippen molar-refractivity contribution < 1.29 is 27.9 Å². The number of carbonyl (C=O) groups excluding carboxylic acids is 1. The Kier molecular flexibility index (Phi) is 10.1. The van der Waals surface area contributed by atoms with Crippen molar-refractivity contribution in [2.45, 2.75) is 61.3 Å². The second-order valence-corrected chi connectivity index (χ2v) is 11.9. The number of thioether (sulfide) groups is 1. The molecule has 2 aromatic heterocycles. The molecule has 14 heteroatoms. The van der Waals surface area contributed by atoms with Crippen molar-refractivity contribution in [2.75, 3.05) is 6.54 Å². The number of benzene rings is 2. The quantitative estimate of drug-likeness (QED) is 0.276. The number of hydrogen-bond acceptors (Lipinski definition) is 7. The first-order valence-electron chi connectivity index (χ1n) is 13.9. The lowest BCUT2D eigenvalue weighted by Crippen LogP contribution is -2.41. The van der Waals surface area contributed by atoms with Gasteiger partial charge in [0.2, 0.25) is 0 Å². The van der Waals surface area contributed by atoms with Crippen molar-refractivity contribution >= 4 is 34.7 Å². The molecule has 0 amide bonds. The van der Waals surface area contributed by atoms with Gasteiger partial charge < -0.3 is 15.4 Å². The Morgan fingerprint density at radius 2 is 1.55 bits per heavy atom. The van der Waals surface area contributed by atoms with Gasteiger partial charge in [0.1, 0.15) is 0 Å². The molecule has 2 aromatic carbocycles. The van der Waals surface area contributed by atoms with E-state index >= 15 is 0 Å². The fourth-order valence-electron chi connectivity index (χ4n) is 5.08. The number of aromatic nitrogens is 4. The molecular weight excluding hydrogens is 599 g/mol. The normalized spacial score (nSPS) is 14.6. The number of nitrogens with zero attached hydrogens (tertiary/aromatic N) is 4. The number of imidazole rings is 1. The van der Waals surface area contributed by atoms with Gasteiger partial charge in [-0.2, -0.15) is 13.2 Å². The van der Waals surface area contributed by atoms with Crippen LogP contribution in [0.5, 0.6) is 0 Å². The van der Waals surface area contributed by atoms with Crippen molar-refractivity contribution in [2.24, 2.45) is 12.8 Å². The zero-order valence-corrected chi connectivity index (χ0v) is 24.7. The van der Waals surface area contributed by atoms with Gasteiger partial charge in [-0.05, 0) is 18.4 Å². The average Bonchev–Trinajstić information content (AvgIpc) is 3.36. The summed E-state index contributed by atoms with van der Waals surface area (Å²) in [5.74, 6) is -3.06. The summed E-state index contributed by atoms with van der Waals surface area (Å²) in [6.45, 7) is 0.596. The van der Waals surface area contributed by atoms with Crippen LogP contribution in [0.25, 0.3) is 11.2 Å². The standard InChI is InChI=1S/C28H31N5O3S.C2HF3O2/c1-31-24-23(25(35)33(27(31)36)18-22(34)21-13-7-3-8-14-21)32(17-20-11-5-2-6-12-20)26(30-24)37-28(19-29)15-9-4-10-16-28;3-2(4,5)1(6)7/h2-3,5-8,11-14H,4,9-10,15-19,29H2,1H3;(H,6,7). The number of ketones is 1. The largest absolute Gasteiger partial charge is 0.490 e. The van der Waals surface area contributed by atoms with Crippen LogP contribution in [0.15, 0.2) is 75.4 Å². The Bertz CT molecular complexity index is 1740. The molecule has 0 bridgehead atoms. The van der Waals surface area contributed by atoms with Crippen LogP contribution in [-0.4, -0.2) is 53.0 Å². The molecular formula is C30H32F3N5O5S. The van der Waals surface area contributed by atoms with Crippen molar-refractivity contribution in [3.63, 3.8) is 0 Å². The molecule has 1 fully saturated rings. The zero-order chi connectivity index (χ0) is 32.1. The third kappa shape index (κ3) is 7.30. The molecule has 10 nitrogen and oxygen atoms in total. The number of nitrogens with two attached hydrogens (primary N) is 1. The van der Waals surface area contributed by atoms with Crippen LogP contribution in [-0.2, 0) is 24.9 Å². The lowest BCUT2D eigenvalue weighted by molar-refractivity contribution is -0.192. The number of halogens is 3. The number of carboxylic acid groups (broad SMARTS) is 1. The van der Waals surface area contributed by atoms with Crippen molar-refractivity contribution in [1.29, 1.82) is 0 Å². The van der Waals surface area contributed by atoms with Gasteiger partial charge in [-0.3, -0.25) is 18.7 Å². The molecule has 0 unspecified atom stereocenters. The van der Waals surface area contributed by atoms with Crippen LogP contribution in [0.4, 0.5) is 13.2 Å². The number of aryl methyl sites for hydroxylation is 1. The van der Waals surface area contributed by atoms with E-state index < -0.39 is 23.4 Å². The van der Waals surface area contributed by atoms with E-state index in [1.807, 2.05) is 41.0 Å². The van der Waals surface area contributed by atoms with Crippen LogP contribution >= 0.6 is 11.8 Å². The predicted molar refractivity (Wildman–Crippen MR) is 160 cm³/mol. The number of Topliss-reactive ketones (excluding diaryl/α,β-unsaturated/α-hetero) is 1. The molecule has 0 radical (unpaired) electrons. The van der Waals surface area contributed by atoms with Crippen molar-refractivity contribution in [1.82, 2.24) is 18.7 Å². The minimum absolute atomic E-state index is 0.158. The molecule has 0 spiro atoms. The van der Waals surface area contributed by atoms with E-state index in [0.717, 1.165) is 35.8 Å². The van der Waals surface area contributed by atoms with Crippen LogP contribution in [0.2, 0.25) is 0 Å². The van der Waals surface area contributed by atoms with E-state index in [9.17, 15) is 27.6 Å². The zero-order valence-electron chi connectivity index (χ0n) is 23.9. The summed E-state index contributed by atoms with van der Waals surface area (Å²) in [5, 5.41) is 7.80.